The highest BCUT2D eigenvalue weighted by molar-refractivity contribution is 5.94. The van der Waals surface area contributed by atoms with Gasteiger partial charge in [-0.3, -0.25) is 0 Å². The Labute approximate surface area is 156 Å². The second-order valence-electron chi connectivity index (χ2n) is 5.84. The van der Waals surface area contributed by atoms with Gasteiger partial charge >= 0.3 is 0 Å². The molecule has 8 nitrogen and oxygen atoms in total. The highest BCUT2D eigenvalue weighted by Gasteiger charge is 2.16. The molecule has 8 heteroatoms. The lowest BCUT2D eigenvalue weighted by Gasteiger charge is -2.14. The monoisotopic (exact) mass is 368 g/mol. The molecule has 0 saturated heterocycles. The number of nitrogens with one attached hydrogen (secondary N) is 2. The van der Waals surface area contributed by atoms with Gasteiger partial charge in [-0.05, 0) is 25.1 Å². The van der Waals surface area contributed by atoms with E-state index in [-0.39, 0.29) is 6.79 Å². The minimum absolute atomic E-state index is 0.233. The van der Waals surface area contributed by atoms with Gasteiger partial charge in [-0.1, -0.05) is 0 Å². The Balaban J connectivity index is 1.81. The van der Waals surface area contributed by atoms with Crippen LogP contribution >= 0.6 is 0 Å². The topological polar surface area (TPSA) is 86.8 Å². The van der Waals surface area contributed by atoms with Gasteiger partial charge in [0.2, 0.25) is 12.7 Å². The average molecular weight is 368 g/mol. The molecule has 4 rings (SSSR count). The summed E-state index contributed by atoms with van der Waals surface area (Å²) in [5.74, 6) is 3.83. The van der Waals surface area contributed by atoms with Crippen molar-refractivity contribution >= 4 is 28.4 Å². The average Bonchev–Trinajstić information content (AvgIpc) is 3.15. The number of rotatable bonds is 6. The summed E-state index contributed by atoms with van der Waals surface area (Å²) in [6, 6.07) is 9.35. The number of benzene rings is 2. The van der Waals surface area contributed by atoms with Crippen molar-refractivity contribution in [2.24, 2.45) is 0 Å². The fourth-order valence-electron chi connectivity index (χ4n) is 2.90. The standard InChI is InChI=1S/C19H20N4O4/c1-4-20-19-22-13-9-16(25-3)15(24-2)8-12(13)18(23-19)21-11-5-6-14-17(7-11)27-10-26-14/h5-9H,4,10H2,1-3H3,(H2,20,21,22,23). The predicted molar refractivity (Wildman–Crippen MR) is 103 cm³/mol. The summed E-state index contributed by atoms with van der Waals surface area (Å²) in [5.41, 5.74) is 1.57. The van der Waals surface area contributed by atoms with Crippen molar-refractivity contribution in [1.29, 1.82) is 0 Å². The molecule has 1 aromatic heterocycles. The SMILES string of the molecule is CCNc1nc(Nc2ccc3c(c2)OCO3)c2cc(OC)c(OC)cc2n1. The van der Waals surface area contributed by atoms with E-state index in [1.54, 1.807) is 14.2 Å². The third kappa shape index (κ3) is 3.21. The smallest absolute Gasteiger partial charge is 0.231 e. The molecule has 0 saturated carbocycles. The first-order valence-corrected chi connectivity index (χ1v) is 8.56. The quantitative estimate of drug-likeness (QED) is 0.683. The molecule has 2 aromatic carbocycles. The molecule has 0 spiro atoms. The minimum atomic E-state index is 0.233. The molecular formula is C19H20N4O4. The van der Waals surface area contributed by atoms with Crippen LogP contribution in [0.1, 0.15) is 6.92 Å². The van der Waals surface area contributed by atoms with Gasteiger partial charge in [0.25, 0.3) is 0 Å². The van der Waals surface area contributed by atoms with Gasteiger partial charge in [-0.2, -0.15) is 4.98 Å². The second-order valence-corrected chi connectivity index (χ2v) is 5.84. The third-order valence-electron chi connectivity index (χ3n) is 4.17. The van der Waals surface area contributed by atoms with Crippen LogP contribution in [0.2, 0.25) is 0 Å². The molecule has 0 fully saturated rings. The zero-order valence-corrected chi connectivity index (χ0v) is 15.3. The van der Waals surface area contributed by atoms with Gasteiger partial charge in [0, 0.05) is 29.8 Å². The molecule has 0 atom stereocenters. The molecule has 1 aliphatic heterocycles. The predicted octanol–water partition coefficient (Wildman–Crippen LogP) is 3.55. The minimum Gasteiger partial charge on any atom is -0.493 e. The third-order valence-corrected chi connectivity index (χ3v) is 4.17. The van der Waals surface area contributed by atoms with Crippen LogP contribution in [0, 0.1) is 0 Å². The van der Waals surface area contributed by atoms with E-state index in [1.165, 1.54) is 0 Å². The highest BCUT2D eigenvalue weighted by atomic mass is 16.7. The maximum absolute atomic E-state index is 5.45. The lowest BCUT2D eigenvalue weighted by molar-refractivity contribution is 0.174. The molecule has 1 aliphatic rings. The maximum Gasteiger partial charge on any atom is 0.231 e. The Morgan fingerprint density at radius 3 is 2.56 bits per heavy atom. The Bertz CT molecular complexity index is 993. The normalized spacial score (nSPS) is 12.1. The number of anilines is 3. The van der Waals surface area contributed by atoms with Crippen molar-refractivity contribution in [3.63, 3.8) is 0 Å². The molecule has 2 heterocycles. The first-order chi connectivity index (χ1) is 13.2. The summed E-state index contributed by atoms with van der Waals surface area (Å²) in [6.45, 7) is 2.94. The summed E-state index contributed by atoms with van der Waals surface area (Å²) in [7, 11) is 3.20. The molecule has 140 valence electrons. The zero-order valence-electron chi connectivity index (χ0n) is 15.3. The molecule has 3 aromatic rings. The summed E-state index contributed by atoms with van der Waals surface area (Å²) in [4.78, 5) is 9.18. The largest absolute Gasteiger partial charge is 0.493 e. The summed E-state index contributed by atoms with van der Waals surface area (Å²) in [5, 5.41) is 7.31. The summed E-state index contributed by atoms with van der Waals surface area (Å²) in [6.07, 6.45) is 0. The molecule has 0 aliphatic carbocycles. The first-order valence-electron chi connectivity index (χ1n) is 8.56. The van der Waals surface area contributed by atoms with E-state index in [2.05, 4.69) is 20.6 Å². The summed E-state index contributed by atoms with van der Waals surface area (Å²) >= 11 is 0. The molecule has 0 radical (unpaired) electrons. The van der Waals surface area contributed by atoms with E-state index >= 15 is 0 Å². The van der Waals surface area contributed by atoms with Crippen LogP contribution in [0.4, 0.5) is 17.5 Å². The number of nitrogens with zero attached hydrogens (tertiary/aromatic N) is 2. The van der Waals surface area contributed by atoms with Gasteiger partial charge in [0.15, 0.2) is 23.0 Å². The van der Waals surface area contributed by atoms with Gasteiger partial charge in [0.1, 0.15) is 5.82 Å². The lowest BCUT2D eigenvalue weighted by atomic mass is 10.2. The highest BCUT2D eigenvalue weighted by Crippen LogP contribution is 2.38. The zero-order chi connectivity index (χ0) is 18.8. The number of methoxy groups -OCH3 is 2. The van der Waals surface area contributed by atoms with Crippen LogP contribution in [-0.4, -0.2) is 37.5 Å². The Hall–Kier alpha value is -3.42. The van der Waals surface area contributed by atoms with Gasteiger partial charge in [-0.25, -0.2) is 4.98 Å². The van der Waals surface area contributed by atoms with Crippen molar-refractivity contribution in [3.8, 4) is 23.0 Å². The van der Waals surface area contributed by atoms with Crippen molar-refractivity contribution in [1.82, 2.24) is 9.97 Å². The molecule has 2 N–H and O–H groups in total. The molecular weight excluding hydrogens is 348 g/mol. The Kier molecular flexibility index (Phi) is 4.45. The molecule has 0 unspecified atom stereocenters. The van der Waals surface area contributed by atoms with Gasteiger partial charge in [-0.15, -0.1) is 0 Å². The van der Waals surface area contributed by atoms with Crippen molar-refractivity contribution in [3.05, 3.63) is 30.3 Å². The first kappa shape index (κ1) is 17.0. The van der Waals surface area contributed by atoms with Crippen LogP contribution in [0.5, 0.6) is 23.0 Å². The number of aromatic nitrogens is 2. The van der Waals surface area contributed by atoms with Crippen LogP contribution in [-0.2, 0) is 0 Å². The summed E-state index contributed by atoms with van der Waals surface area (Å²) < 4.78 is 21.6. The van der Waals surface area contributed by atoms with Crippen molar-refractivity contribution in [2.75, 3.05) is 38.2 Å². The van der Waals surface area contributed by atoms with E-state index in [1.807, 2.05) is 37.3 Å². The Morgan fingerprint density at radius 1 is 1.00 bits per heavy atom. The number of hydrogen-bond donors (Lipinski definition) is 2. The van der Waals surface area contributed by atoms with E-state index in [0.717, 1.165) is 22.3 Å². The fourth-order valence-corrected chi connectivity index (χ4v) is 2.90. The number of ether oxygens (including phenoxy) is 4. The van der Waals surface area contributed by atoms with E-state index in [0.29, 0.717) is 35.6 Å². The van der Waals surface area contributed by atoms with E-state index in [9.17, 15) is 0 Å². The van der Waals surface area contributed by atoms with Crippen LogP contribution in [0.15, 0.2) is 30.3 Å². The van der Waals surface area contributed by atoms with Crippen LogP contribution in [0.25, 0.3) is 10.9 Å². The van der Waals surface area contributed by atoms with Crippen molar-refractivity contribution < 1.29 is 18.9 Å². The Morgan fingerprint density at radius 2 is 1.78 bits per heavy atom. The fraction of sp³-hybridized carbons (Fsp3) is 0.263. The van der Waals surface area contributed by atoms with Gasteiger partial charge < -0.3 is 29.6 Å². The number of hydrogen-bond acceptors (Lipinski definition) is 8. The maximum atomic E-state index is 5.45. The molecule has 27 heavy (non-hydrogen) atoms. The lowest BCUT2D eigenvalue weighted by Crippen LogP contribution is -2.05. The van der Waals surface area contributed by atoms with E-state index < -0.39 is 0 Å². The second kappa shape index (κ2) is 7.06. The molecule has 0 bridgehead atoms. The van der Waals surface area contributed by atoms with E-state index in [4.69, 9.17) is 18.9 Å². The number of fused-ring (bicyclic) bond motifs is 2. The van der Waals surface area contributed by atoms with Gasteiger partial charge in [0.05, 0.1) is 19.7 Å². The van der Waals surface area contributed by atoms with Crippen LogP contribution < -0.4 is 29.6 Å². The van der Waals surface area contributed by atoms with Crippen molar-refractivity contribution in [2.45, 2.75) is 6.92 Å². The molecule has 0 amide bonds. The van der Waals surface area contributed by atoms with Crippen LogP contribution in [0.3, 0.4) is 0 Å².